The van der Waals surface area contributed by atoms with E-state index in [-0.39, 0.29) is 0 Å². The summed E-state index contributed by atoms with van der Waals surface area (Å²) in [6.07, 6.45) is 4.46. The highest BCUT2D eigenvalue weighted by atomic mass is 32.1. The van der Waals surface area contributed by atoms with Crippen molar-refractivity contribution >= 4 is 22.7 Å². The zero-order chi connectivity index (χ0) is 18.9. The van der Waals surface area contributed by atoms with Crippen LogP contribution in [0.25, 0.3) is 5.65 Å². The molecule has 0 N–H and O–H groups in total. The number of aromatic nitrogens is 4. The summed E-state index contributed by atoms with van der Waals surface area (Å²) in [5.74, 6) is 1.37. The van der Waals surface area contributed by atoms with E-state index in [9.17, 15) is 0 Å². The topological polar surface area (TPSA) is 58.8 Å². The number of hydrogen-bond acceptors (Lipinski definition) is 7. The molecule has 148 valence electrons. The van der Waals surface area contributed by atoms with Gasteiger partial charge in [0.15, 0.2) is 11.5 Å². The average molecular weight is 399 g/mol. The van der Waals surface area contributed by atoms with Gasteiger partial charge in [-0.1, -0.05) is 0 Å². The first kappa shape index (κ1) is 18.0. The fraction of sp³-hybridized carbons (Fsp3) is 0.550. The molecule has 0 radical (unpaired) electrons. The third-order valence-corrected chi connectivity index (χ3v) is 6.71. The Bertz CT molecular complexity index is 947. The Kier molecular flexibility index (Phi) is 5.00. The van der Waals surface area contributed by atoms with Crippen LogP contribution in [-0.4, -0.2) is 63.9 Å². The number of likely N-dealkylation sites (tertiary alicyclic amines) is 1. The van der Waals surface area contributed by atoms with Crippen molar-refractivity contribution in [3.63, 3.8) is 0 Å². The number of ether oxygens (including phenoxy) is 1. The smallest absolute Gasteiger partial charge is 0.156 e. The van der Waals surface area contributed by atoms with Crippen LogP contribution >= 0.6 is 11.3 Å². The molecule has 8 heteroatoms. The van der Waals surface area contributed by atoms with E-state index < -0.39 is 0 Å². The van der Waals surface area contributed by atoms with Crippen LogP contribution in [0.5, 0.6) is 0 Å². The fourth-order valence-electron chi connectivity index (χ4n) is 4.16. The highest BCUT2D eigenvalue weighted by Crippen LogP contribution is 2.28. The molecule has 0 aliphatic carbocycles. The second-order valence-corrected chi connectivity index (χ2v) is 8.63. The monoisotopic (exact) mass is 398 g/mol. The van der Waals surface area contributed by atoms with Gasteiger partial charge in [0.05, 0.1) is 36.3 Å². The normalized spacial score (nSPS) is 21.5. The summed E-state index contributed by atoms with van der Waals surface area (Å²) in [6, 6.07) is 4.24. The van der Waals surface area contributed by atoms with Gasteiger partial charge >= 0.3 is 0 Å². The molecule has 0 aromatic carbocycles. The molecule has 1 atom stereocenters. The first-order valence-corrected chi connectivity index (χ1v) is 10.9. The second kappa shape index (κ2) is 7.77. The predicted octanol–water partition coefficient (Wildman–Crippen LogP) is 2.71. The molecule has 2 aliphatic heterocycles. The quantitative estimate of drug-likeness (QED) is 0.674. The molecule has 3 aromatic rings. The molecule has 5 heterocycles. The van der Waals surface area contributed by atoms with E-state index in [0.717, 1.165) is 69.5 Å². The maximum atomic E-state index is 5.46. The SMILES string of the molecule is Cc1ncsc1CN1CCC[C@H](c2nc3ccc(N4CCOCC4)cn3n2)C1. The maximum Gasteiger partial charge on any atom is 0.156 e. The van der Waals surface area contributed by atoms with E-state index >= 15 is 0 Å². The number of hydrogen-bond donors (Lipinski definition) is 0. The van der Waals surface area contributed by atoms with Crippen molar-refractivity contribution in [3.05, 3.63) is 40.2 Å². The lowest BCUT2D eigenvalue weighted by Crippen LogP contribution is -2.36. The first-order valence-electron chi connectivity index (χ1n) is 10.1. The number of fused-ring (bicyclic) bond motifs is 1. The molecule has 7 nitrogen and oxygen atoms in total. The van der Waals surface area contributed by atoms with Gasteiger partial charge < -0.3 is 9.64 Å². The third kappa shape index (κ3) is 3.64. The van der Waals surface area contributed by atoms with Gasteiger partial charge in [-0.3, -0.25) is 4.90 Å². The van der Waals surface area contributed by atoms with Crippen molar-refractivity contribution in [3.8, 4) is 0 Å². The van der Waals surface area contributed by atoms with E-state index in [2.05, 4.69) is 40.0 Å². The summed E-state index contributed by atoms with van der Waals surface area (Å²) < 4.78 is 7.41. The van der Waals surface area contributed by atoms with Crippen molar-refractivity contribution in [2.75, 3.05) is 44.3 Å². The Hall–Kier alpha value is -2.03. The molecule has 2 fully saturated rings. The average Bonchev–Trinajstić information content (AvgIpc) is 3.34. The van der Waals surface area contributed by atoms with E-state index in [1.165, 1.54) is 17.0 Å². The third-order valence-electron chi connectivity index (χ3n) is 5.79. The summed E-state index contributed by atoms with van der Waals surface area (Å²) in [5.41, 5.74) is 5.23. The standard InChI is InChI=1S/C20H26N6OS/c1-15-18(28-14-21-15)13-24-6-2-3-16(11-24)20-22-19-5-4-17(12-26(19)23-20)25-7-9-27-10-8-25/h4-5,12,14,16H,2-3,6-11,13H2,1H3/t16-/m0/s1. The summed E-state index contributed by atoms with van der Waals surface area (Å²) in [7, 11) is 0. The van der Waals surface area contributed by atoms with E-state index in [4.69, 9.17) is 14.8 Å². The van der Waals surface area contributed by atoms with Crippen LogP contribution in [-0.2, 0) is 11.3 Å². The Balaban J connectivity index is 1.32. The van der Waals surface area contributed by atoms with Crippen molar-refractivity contribution in [1.29, 1.82) is 0 Å². The molecule has 2 saturated heterocycles. The lowest BCUT2D eigenvalue weighted by Gasteiger charge is -2.31. The van der Waals surface area contributed by atoms with Crippen LogP contribution in [0.15, 0.2) is 23.8 Å². The minimum atomic E-state index is 0.397. The fourth-order valence-corrected chi connectivity index (χ4v) is 4.98. The number of nitrogens with zero attached hydrogens (tertiary/aromatic N) is 6. The molecule has 5 rings (SSSR count). The van der Waals surface area contributed by atoms with Crippen LogP contribution in [0.1, 0.15) is 35.2 Å². The molecule has 0 bridgehead atoms. The van der Waals surface area contributed by atoms with Crippen molar-refractivity contribution in [1.82, 2.24) is 24.5 Å². The van der Waals surface area contributed by atoms with Gasteiger partial charge in [-0.15, -0.1) is 11.3 Å². The number of pyridine rings is 1. The number of piperidine rings is 1. The van der Waals surface area contributed by atoms with Gasteiger partial charge in [-0.2, -0.15) is 5.10 Å². The van der Waals surface area contributed by atoms with Gasteiger partial charge in [0, 0.05) is 37.0 Å². The van der Waals surface area contributed by atoms with Crippen LogP contribution in [0.2, 0.25) is 0 Å². The van der Waals surface area contributed by atoms with Crippen LogP contribution in [0.3, 0.4) is 0 Å². The van der Waals surface area contributed by atoms with Gasteiger partial charge in [-0.05, 0) is 38.4 Å². The lowest BCUT2D eigenvalue weighted by molar-refractivity contribution is 0.122. The van der Waals surface area contributed by atoms with Gasteiger partial charge in [0.2, 0.25) is 0 Å². The van der Waals surface area contributed by atoms with Gasteiger partial charge in [-0.25, -0.2) is 14.5 Å². The molecule has 28 heavy (non-hydrogen) atoms. The molecule has 2 aliphatic rings. The van der Waals surface area contributed by atoms with Crippen LogP contribution in [0.4, 0.5) is 5.69 Å². The largest absolute Gasteiger partial charge is 0.378 e. The zero-order valence-corrected chi connectivity index (χ0v) is 17.1. The Morgan fingerprint density at radius 2 is 2.11 bits per heavy atom. The minimum absolute atomic E-state index is 0.397. The number of thiazole rings is 1. The Labute approximate surface area is 169 Å². The van der Waals surface area contributed by atoms with E-state index in [1.807, 2.05) is 10.0 Å². The highest BCUT2D eigenvalue weighted by Gasteiger charge is 2.25. The zero-order valence-electron chi connectivity index (χ0n) is 16.3. The first-order chi connectivity index (χ1) is 13.8. The number of aryl methyl sites for hydroxylation is 1. The molecular weight excluding hydrogens is 372 g/mol. The lowest BCUT2D eigenvalue weighted by atomic mass is 9.97. The van der Waals surface area contributed by atoms with Gasteiger partial charge in [0.1, 0.15) is 0 Å². The molecule has 0 amide bonds. The van der Waals surface area contributed by atoms with Crippen molar-refractivity contribution in [2.45, 2.75) is 32.2 Å². The summed E-state index contributed by atoms with van der Waals surface area (Å²) in [5, 5.41) is 4.85. The molecule has 3 aromatic heterocycles. The van der Waals surface area contributed by atoms with Crippen molar-refractivity contribution in [2.24, 2.45) is 0 Å². The highest BCUT2D eigenvalue weighted by molar-refractivity contribution is 7.09. The maximum absolute atomic E-state index is 5.46. The predicted molar refractivity (Wildman–Crippen MR) is 110 cm³/mol. The minimum Gasteiger partial charge on any atom is -0.378 e. The van der Waals surface area contributed by atoms with Crippen LogP contribution < -0.4 is 4.90 Å². The van der Waals surface area contributed by atoms with Crippen LogP contribution in [0, 0.1) is 6.92 Å². The van der Waals surface area contributed by atoms with Crippen molar-refractivity contribution < 1.29 is 4.74 Å². The number of rotatable bonds is 4. The molecule has 0 unspecified atom stereocenters. The second-order valence-electron chi connectivity index (χ2n) is 7.69. The summed E-state index contributed by atoms with van der Waals surface area (Å²) >= 11 is 1.76. The Morgan fingerprint density at radius 1 is 1.21 bits per heavy atom. The summed E-state index contributed by atoms with van der Waals surface area (Å²) in [4.78, 5) is 15.5. The number of anilines is 1. The van der Waals surface area contributed by atoms with E-state index in [1.54, 1.807) is 11.3 Å². The molecule has 0 spiro atoms. The van der Waals surface area contributed by atoms with E-state index in [0.29, 0.717) is 5.92 Å². The number of morpholine rings is 1. The Morgan fingerprint density at radius 3 is 2.93 bits per heavy atom. The molecular formula is C20H26N6OS. The summed E-state index contributed by atoms with van der Waals surface area (Å²) in [6.45, 7) is 8.69. The van der Waals surface area contributed by atoms with Gasteiger partial charge in [0.25, 0.3) is 0 Å². The molecule has 0 saturated carbocycles.